The second kappa shape index (κ2) is 9.25. The number of sulfonamides is 1. The lowest BCUT2D eigenvalue weighted by Crippen LogP contribution is -2.20. The zero-order chi connectivity index (χ0) is 22.7. The van der Waals surface area contributed by atoms with Crippen molar-refractivity contribution in [1.29, 1.82) is 0 Å². The molecular formula is C22H24N4O4S2. The van der Waals surface area contributed by atoms with Gasteiger partial charge in [-0.15, -0.1) is 0 Å². The zero-order valence-electron chi connectivity index (χ0n) is 17.8. The SMILES string of the molecule is COc1ccc(-c2sc(NC(=O)C3CCCC3)nc2C)cc1NS(=O)(=O)c1cccnc1. The molecule has 8 nitrogen and oxygen atoms in total. The highest BCUT2D eigenvalue weighted by Gasteiger charge is 2.24. The number of carbonyl (C=O) groups excluding carboxylic acids is 1. The van der Waals surface area contributed by atoms with E-state index in [1.807, 2.05) is 13.0 Å². The Labute approximate surface area is 191 Å². The highest BCUT2D eigenvalue weighted by molar-refractivity contribution is 7.92. The fourth-order valence-corrected chi connectivity index (χ4v) is 5.74. The zero-order valence-corrected chi connectivity index (χ0v) is 19.4. The molecule has 10 heteroatoms. The van der Waals surface area contributed by atoms with Crippen molar-refractivity contribution < 1.29 is 17.9 Å². The Morgan fingerprint density at radius 3 is 2.69 bits per heavy atom. The summed E-state index contributed by atoms with van der Waals surface area (Å²) in [5, 5.41) is 3.48. The fourth-order valence-electron chi connectivity index (χ4n) is 3.75. The first-order chi connectivity index (χ1) is 15.4. The maximum Gasteiger partial charge on any atom is 0.263 e. The van der Waals surface area contributed by atoms with Gasteiger partial charge in [-0.1, -0.05) is 24.2 Å². The second-order valence-corrected chi connectivity index (χ2v) is 10.3. The summed E-state index contributed by atoms with van der Waals surface area (Å²) >= 11 is 1.37. The summed E-state index contributed by atoms with van der Waals surface area (Å²) in [7, 11) is -2.36. The van der Waals surface area contributed by atoms with Crippen LogP contribution in [-0.2, 0) is 14.8 Å². The summed E-state index contributed by atoms with van der Waals surface area (Å²) in [4.78, 5) is 21.7. The van der Waals surface area contributed by atoms with Crippen LogP contribution in [0.3, 0.4) is 0 Å². The van der Waals surface area contributed by atoms with Crippen molar-refractivity contribution in [3.8, 4) is 16.2 Å². The van der Waals surface area contributed by atoms with Crippen LogP contribution in [-0.4, -0.2) is 31.4 Å². The fraction of sp³-hybridized carbons (Fsp3) is 0.318. The standard InChI is InChI=1S/C22H24N4O4S2/c1-14-20(31-22(24-14)25-21(27)15-6-3-4-7-15)16-9-10-19(30-2)18(12-16)26-32(28,29)17-8-5-11-23-13-17/h5,8-13,15,26H,3-4,6-7H2,1-2H3,(H,24,25,27). The minimum Gasteiger partial charge on any atom is -0.495 e. The Balaban J connectivity index is 1.61. The maximum atomic E-state index is 12.8. The van der Waals surface area contributed by atoms with E-state index in [4.69, 9.17) is 4.74 Å². The van der Waals surface area contributed by atoms with E-state index in [-0.39, 0.29) is 16.7 Å². The van der Waals surface area contributed by atoms with Gasteiger partial charge >= 0.3 is 0 Å². The molecule has 0 spiro atoms. The van der Waals surface area contributed by atoms with E-state index in [0.717, 1.165) is 41.8 Å². The monoisotopic (exact) mass is 472 g/mol. The first-order valence-corrected chi connectivity index (χ1v) is 12.6. The Kier molecular flexibility index (Phi) is 6.43. The lowest BCUT2D eigenvalue weighted by atomic mass is 10.1. The third-order valence-corrected chi connectivity index (χ3v) is 7.88. The summed E-state index contributed by atoms with van der Waals surface area (Å²) in [6.07, 6.45) is 6.80. The van der Waals surface area contributed by atoms with Crippen molar-refractivity contribution in [1.82, 2.24) is 9.97 Å². The number of benzene rings is 1. The van der Waals surface area contributed by atoms with E-state index < -0.39 is 10.0 Å². The topological polar surface area (TPSA) is 110 Å². The Hall–Kier alpha value is -2.98. The van der Waals surface area contributed by atoms with Crippen LogP contribution in [0.5, 0.6) is 5.75 Å². The van der Waals surface area contributed by atoms with E-state index in [1.165, 1.54) is 36.9 Å². The van der Waals surface area contributed by atoms with Gasteiger partial charge < -0.3 is 10.1 Å². The second-order valence-electron chi connectivity index (χ2n) is 7.61. The van der Waals surface area contributed by atoms with Gasteiger partial charge in [-0.05, 0) is 55.7 Å². The van der Waals surface area contributed by atoms with Crippen LogP contribution in [0.25, 0.3) is 10.4 Å². The van der Waals surface area contributed by atoms with Gasteiger partial charge in [-0.2, -0.15) is 0 Å². The smallest absolute Gasteiger partial charge is 0.263 e. The number of methoxy groups -OCH3 is 1. The summed E-state index contributed by atoms with van der Waals surface area (Å²) in [5.74, 6) is 0.456. The normalized spacial score (nSPS) is 14.3. The van der Waals surface area contributed by atoms with E-state index in [1.54, 1.807) is 18.2 Å². The van der Waals surface area contributed by atoms with Gasteiger partial charge in [0.25, 0.3) is 10.0 Å². The Morgan fingerprint density at radius 2 is 2.00 bits per heavy atom. The third kappa shape index (κ3) is 4.76. The molecule has 2 aromatic heterocycles. The molecule has 2 N–H and O–H groups in total. The number of carbonyl (C=O) groups is 1. The molecule has 4 rings (SSSR count). The molecule has 0 bridgehead atoms. The van der Waals surface area contributed by atoms with Gasteiger partial charge in [-0.25, -0.2) is 13.4 Å². The molecule has 1 amide bonds. The van der Waals surface area contributed by atoms with Crippen LogP contribution in [0.2, 0.25) is 0 Å². The minimum atomic E-state index is -3.84. The molecule has 1 aliphatic rings. The maximum absolute atomic E-state index is 12.8. The highest BCUT2D eigenvalue weighted by Crippen LogP contribution is 2.38. The lowest BCUT2D eigenvalue weighted by Gasteiger charge is -2.13. The Morgan fingerprint density at radius 1 is 1.22 bits per heavy atom. The molecule has 1 aliphatic carbocycles. The summed E-state index contributed by atoms with van der Waals surface area (Å²) < 4.78 is 33.5. The first-order valence-electron chi connectivity index (χ1n) is 10.3. The number of thiazole rings is 1. The predicted octanol–water partition coefficient (Wildman–Crippen LogP) is 4.45. The van der Waals surface area contributed by atoms with Gasteiger partial charge in [0.2, 0.25) is 5.91 Å². The average molecular weight is 473 g/mol. The van der Waals surface area contributed by atoms with Gasteiger partial charge in [0.1, 0.15) is 10.6 Å². The molecule has 0 atom stereocenters. The van der Waals surface area contributed by atoms with Gasteiger partial charge in [0.05, 0.1) is 23.4 Å². The molecule has 1 aromatic carbocycles. The van der Waals surface area contributed by atoms with Gasteiger partial charge in [-0.3, -0.25) is 14.5 Å². The van der Waals surface area contributed by atoms with Crippen LogP contribution in [0, 0.1) is 12.8 Å². The Bertz CT molecular complexity index is 1220. The van der Waals surface area contributed by atoms with Crippen molar-refractivity contribution in [3.05, 3.63) is 48.4 Å². The molecule has 0 saturated heterocycles. The van der Waals surface area contributed by atoms with Crippen LogP contribution in [0.4, 0.5) is 10.8 Å². The number of aromatic nitrogens is 2. The van der Waals surface area contributed by atoms with Crippen molar-refractivity contribution in [3.63, 3.8) is 0 Å². The predicted molar refractivity (Wildman–Crippen MR) is 124 cm³/mol. The number of ether oxygens (including phenoxy) is 1. The quantitative estimate of drug-likeness (QED) is 0.526. The molecule has 0 radical (unpaired) electrons. The number of nitrogens with one attached hydrogen (secondary N) is 2. The van der Waals surface area contributed by atoms with E-state index in [9.17, 15) is 13.2 Å². The number of anilines is 2. The van der Waals surface area contributed by atoms with Crippen molar-refractivity contribution in [2.75, 3.05) is 17.1 Å². The summed E-state index contributed by atoms with van der Waals surface area (Å²) in [5.41, 5.74) is 1.83. The van der Waals surface area contributed by atoms with E-state index in [0.29, 0.717) is 16.6 Å². The van der Waals surface area contributed by atoms with Crippen LogP contribution in [0.1, 0.15) is 31.4 Å². The molecule has 32 heavy (non-hydrogen) atoms. The minimum absolute atomic E-state index is 0.0162. The highest BCUT2D eigenvalue weighted by atomic mass is 32.2. The van der Waals surface area contributed by atoms with Crippen molar-refractivity contribution in [2.45, 2.75) is 37.5 Å². The number of amides is 1. The summed E-state index contributed by atoms with van der Waals surface area (Å²) in [6, 6.07) is 8.27. The molecule has 2 heterocycles. The van der Waals surface area contributed by atoms with Gasteiger partial charge in [0.15, 0.2) is 5.13 Å². The molecule has 0 unspecified atom stereocenters. The molecular weight excluding hydrogens is 448 g/mol. The van der Waals surface area contributed by atoms with Crippen LogP contribution >= 0.6 is 11.3 Å². The largest absolute Gasteiger partial charge is 0.495 e. The number of hydrogen-bond donors (Lipinski definition) is 2. The number of aryl methyl sites for hydroxylation is 1. The number of nitrogens with zero attached hydrogens (tertiary/aromatic N) is 2. The van der Waals surface area contributed by atoms with E-state index >= 15 is 0 Å². The van der Waals surface area contributed by atoms with Crippen LogP contribution in [0.15, 0.2) is 47.6 Å². The van der Waals surface area contributed by atoms with E-state index in [2.05, 4.69) is 20.0 Å². The molecule has 1 fully saturated rings. The average Bonchev–Trinajstić information content (AvgIpc) is 3.44. The lowest BCUT2D eigenvalue weighted by molar-refractivity contribution is -0.119. The number of hydrogen-bond acceptors (Lipinski definition) is 7. The van der Waals surface area contributed by atoms with Crippen LogP contribution < -0.4 is 14.8 Å². The number of rotatable bonds is 7. The molecule has 168 valence electrons. The van der Waals surface area contributed by atoms with Crippen molar-refractivity contribution in [2.24, 2.45) is 5.92 Å². The molecule has 3 aromatic rings. The summed E-state index contributed by atoms with van der Waals surface area (Å²) in [6.45, 7) is 1.86. The van der Waals surface area contributed by atoms with Crippen molar-refractivity contribution >= 4 is 38.1 Å². The molecule has 0 aliphatic heterocycles. The molecule has 1 saturated carbocycles. The van der Waals surface area contributed by atoms with Gasteiger partial charge in [0, 0.05) is 18.3 Å². The third-order valence-electron chi connectivity index (χ3n) is 5.40. The first kappa shape index (κ1) is 22.2. The number of pyridine rings is 1.